The fourth-order valence-corrected chi connectivity index (χ4v) is 6.52. The number of piperidine rings is 1. The Balaban J connectivity index is 1.14. The lowest BCUT2D eigenvalue weighted by Gasteiger charge is -2.39. The van der Waals surface area contributed by atoms with Crippen molar-refractivity contribution in [3.63, 3.8) is 0 Å². The van der Waals surface area contributed by atoms with E-state index in [1.54, 1.807) is 0 Å². The van der Waals surface area contributed by atoms with Gasteiger partial charge in [-0.15, -0.1) is 0 Å². The highest BCUT2D eigenvalue weighted by Crippen LogP contribution is 2.42. The van der Waals surface area contributed by atoms with Crippen molar-refractivity contribution in [2.75, 3.05) is 4.90 Å². The SMILES string of the molecule is O=C(N[C@H](c1ccccc1)C1CC1)c1ccc2[nH]nc(-c3ccc(N4[C@H]5CC[C@H]4CC(O)C5)cc3)c2c1. The minimum atomic E-state index is -0.165. The minimum absolute atomic E-state index is 0.0481. The summed E-state index contributed by atoms with van der Waals surface area (Å²) in [6.45, 7) is 0. The van der Waals surface area contributed by atoms with E-state index in [9.17, 15) is 9.90 Å². The highest BCUT2D eigenvalue weighted by Gasteiger charge is 2.40. The van der Waals surface area contributed by atoms with Gasteiger partial charge in [0.15, 0.2) is 0 Å². The Morgan fingerprint density at radius 2 is 1.68 bits per heavy atom. The summed E-state index contributed by atoms with van der Waals surface area (Å²) in [4.78, 5) is 15.8. The maximum Gasteiger partial charge on any atom is 0.251 e. The molecule has 1 saturated carbocycles. The summed E-state index contributed by atoms with van der Waals surface area (Å²) < 4.78 is 0. The molecule has 2 saturated heterocycles. The smallest absolute Gasteiger partial charge is 0.251 e. The lowest BCUT2D eigenvalue weighted by molar-refractivity contribution is 0.0931. The van der Waals surface area contributed by atoms with Gasteiger partial charge in [0.2, 0.25) is 0 Å². The van der Waals surface area contributed by atoms with Gasteiger partial charge in [0.25, 0.3) is 5.91 Å². The molecule has 1 amide bonds. The molecule has 188 valence electrons. The lowest BCUT2D eigenvalue weighted by atomic mass is 9.98. The topological polar surface area (TPSA) is 81.2 Å². The van der Waals surface area contributed by atoms with Crippen molar-refractivity contribution in [2.45, 2.75) is 62.8 Å². The van der Waals surface area contributed by atoms with Crippen molar-refractivity contribution in [3.8, 4) is 11.3 Å². The zero-order valence-corrected chi connectivity index (χ0v) is 20.8. The molecule has 3 fully saturated rings. The van der Waals surface area contributed by atoms with Gasteiger partial charge in [-0.05, 0) is 80.3 Å². The van der Waals surface area contributed by atoms with Gasteiger partial charge in [-0.25, -0.2) is 0 Å². The Morgan fingerprint density at radius 3 is 2.38 bits per heavy atom. The third-order valence-electron chi connectivity index (χ3n) is 8.51. The molecule has 3 atom stereocenters. The Kier molecular flexibility index (Phi) is 5.50. The molecule has 2 bridgehead atoms. The van der Waals surface area contributed by atoms with Crippen LogP contribution in [0.2, 0.25) is 0 Å². The molecule has 6 heteroatoms. The Morgan fingerprint density at radius 1 is 0.946 bits per heavy atom. The summed E-state index contributed by atoms with van der Waals surface area (Å²) in [5.74, 6) is 0.462. The van der Waals surface area contributed by atoms with Crippen molar-refractivity contribution in [3.05, 3.63) is 83.9 Å². The largest absolute Gasteiger partial charge is 0.393 e. The average Bonchev–Trinajstić information content (AvgIpc) is 3.62. The molecule has 3 heterocycles. The summed E-state index contributed by atoms with van der Waals surface area (Å²) in [5.41, 5.74) is 5.83. The number of nitrogens with one attached hydrogen (secondary N) is 2. The lowest BCUT2D eigenvalue weighted by Crippen LogP contribution is -2.44. The fraction of sp³-hybridized carbons (Fsp3) is 0.355. The second kappa shape index (κ2) is 9.03. The molecular formula is C31H32N4O2. The summed E-state index contributed by atoms with van der Waals surface area (Å²) in [6.07, 6.45) is 6.18. The summed E-state index contributed by atoms with van der Waals surface area (Å²) in [6, 6.07) is 25.6. The molecule has 6 nitrogen and oxygen atoms in total. The van der Waals surface area contributed by atoms with Crippen LogP contribution in [-0.4, -0.2) is 39.4 Å². The molecule has 2 aliphatic heterocycles. The quantitative estimate of drug-likeness (QED) is 0.327. The van der Waals surface area contributed by atoms with E-state index in [1.165, 1.54) is 11.3 Å². The van der Waals surface area contributed by atoms with E-state index in [0.717, 1.165) is 60.7 Å². The fourth-order valence-electron chi connectivity index (χ4n) is 6.52. The maximum absolute atomic E-state index is 13.3. The number of H-pyrrole nitrogens is 1. The van der Waals surface area contributed by atoms with Crippen LogP contribution < -0.4 is 10.2 Å². The van der Waals surface area contributed by atoms with Gasteiger partial charge >= 0.3 is 0 Å². The Bertz CT molecular complexity index is 1410. The van der Waals surface area contributed by atoms with Gasteiger partial charge in [0, 0.05) is 34.3 Å². The molecule has 4 aromatic rings. The first kappa shape index (κ1) is 22.5. The predicted octanol–water partition coefficient (Wildman–Crippen LogP) is 5.60. The monoisotopic (exact) mass is 492 g/mol. The average molecular weight is 493 g/mol. The highest BCUT2D eigenvalue weighted by atomic mass is 16.3. The van der Waals surface area contributed by atoms with Crippen molar-refractivity contribution in [1.82, 2.24) is 15.5 Å². The van der Waals surface area contributed by atoms with E-state index in [0.29, 0.717) is 23.6 Å². The third kappa shape index (κ3) is 4.19. The second-order valence-electron chi connectivity index (χ2n) is 11.0. The van der Waals surface area contributed by atoms with Crippen LogP contribution in [0.25, 0.3) is 22.2 Å². The van der Waals surface area contributed by atoms with Crippen molar-refractivity contribution in [1.29, 1.82) is 0 Å². The molecule has 3 aromatic carbocycles. The second-order valence-corrected chi connectivity index (χ2v) is 11.0. The number of anilines is 1. The molecule has 37 heavy (non-hydrogen) atoms. The number of aliphatic hydroxyl groups excluding tert-OH is 1. The van der Waals surface area contributed by atoms with E-state index in [4.69, 9.17) is 0 Å². The number of fused-ring (bicyclic) bond motifs is 3. The first-order chi connectivity index (χ1) is 18.1. The van der Waals surface area contributed by atoms with Crippen LogP contribution in [0.5, 0.6) is 0 Å². The van der Waals surface area contributed by atoms with E-state index in [-0.39, 0.29) is 18.1 Å². The maximum atomic E-state index is 13.3. The van der Waals surface area contributed by atoms with Crippen LogP contribution in [-0.2, 0) is 0 Å². The number of amides is 1. The summed E-state index contributed by atoms with van der Waals surface area (Å²) in [7, 11) is 0. The van der Waals surface area contributed by atoms with Gasteiger partial charge in [-0.3, -0.25) is 9.89 Å². The normalized spacial score (nSPS) is 23.8. The number of nitrogens with zero attached hydrogens (tertiary/aromatic N) is 2. The Hall–Kier alpha value is -3.64. The number of aromatic amines is 1. The molecule has 7 rings (SSSR count). The molecule has 0 unspecified atom stereocenters. The molecule has 0 radical (unpaired) electrons. The van der Waals surface area contributed by atoms with Crippen LogP contribution in [0.15, 0.2) is 72.8 Å². The molecular weight excluding hydrogens is 460 g/mol. The zero-order valence-electron chi connectivity index (χ0n) is 20.8. The zero-order chi connectivity index (χ0) is 24.9. The van der Waals surface area contributed by atoms with Crippen LogP contribution in [0.4, 0.5) is 5.69 Å². The highest BCUT2D eigenvalue weighted by molar-refractivity contribution is 6.01. The number of hydrogen-bond acceptors (Lipinski definition) is 4. The predicted molar refractivity (Wildman–Crippen MR) is 145 cm³/mol. The first-order valence-corrected chi connectivity index (χ1v) is 13.5. The number of carbonyl (C=O) groups excluding carboxylic acids is 1. The van der Waals surface area contributed by atoms with Gasteiger partial charge in [-0.1, -0.05) is 42.5 Å². The van der Waals surface area contributed by atoms with Gasteiger partial charge < -0.3 is 15.3 Å². The van der Waals surface area contributed by atoms with Crippen LogP contribution in [0.1, 0.15) is 60.5 Å². The van der Waals surface area contributed by atoms with Crippen LogP contribution >= 0.6 is 0 Å². The van der Waals surface area contributed by atoms with E-state index in [2.05, 4.69) is 56.8 Å². The Labute approximate surface area is 216 Å². The van der Waals surface area contributed by atoms with Crippen molar-refractivity contribution < 1.29 is 9.90 Å². The van der Waals surface area contributed by atoms with Gasteiger partial charge in [0.05, 0.1) is 23.4 Å². The minimum Gasteiger partial charge on any atom is -0.393 e. The van der Waals surface area contributed by atoms with Gasteiger partial charge in [0.1, 0.15) is 0 Å². The standard InChI is InChI=1S/C31H32N4O2/c36-26-17-24-13-14-25(18-26)35(24)23-11-8-21(9-12-23)30-27-16-22(10-15-28(27)33-34-30)31(37)32-29(20-6-7-20)19-4-2-1-3-5-19/h1-5,8-12,15-16,20,24-26,29,36H,6-7,13-14,17-18H2,(H,32,37)(H,33,34)/t24-,25-,29+/m0/s1. The van der Waals surface area contributed by atoms with Crippen molar-refractivity contribution >= 4 is 22.5 Å². The summed E-state index contributed by atoms with van der Waals surface area (Å²) >= 11 is 0. The molecule has 0 spiro atoms. The molecule has 3 aliphatic rings. The molecule has 1 aliphatic carbocycles. The van der Waals surface area contributed by atoms with Crippen LogP contribution in [0, 0.1) is 5.92 Å². The number of hydrogen-bond donors (Lipinski definition) is 3. The van der Waals surface area contributed by atoms with E-state index < -0.39 is 0 Å². The number of carbonyl (C=O) groups is 1. The van der Waals surface area contributed by atoms with Gasteiger partial charge in [-0.2, -0.15) is 5.10 Å². The van der Waals surface area contributed by atoms with Crippen LogP contribution in [0.3, 0.4) is 0 Å². The van der Waals surface area contributed by atoms with E-state index in [1.807, 2.05) is 36.4 Å². The number of aromatic nitrogens is 2. The van der Waals surface area contributed by atoms with Crippen molar-refractivity contribution in [2.24, 2.45) is 5.92 Å². The molecule has 1 aromatic heterocycles. The summed E-state index contributed by atoms with van der Waals surface area (Å²) in [5, 5.41) is 22.1. The molecule has 3 N–H and O–H groups in total. The third-order valence-corrected chi connectivity index (χ3v) is 8.51. The number of aliphatic hydroxyl groups is 1. The first-order valence-electron chi connectivity index (χ1n) is 13.5. The van der Waals surface area contributed by atoms with E-state index >= 15 is 0 Å². The number of rotatable bonds is 6. The number of benzene rings is 3.